The minimum atomic E-state index is -0.372. The van der Waals surface area contributed by atoms with Crippen LogP contribution in [0.1, 0.15) is 99.8 Å². The lowest BCUT2D eigenvalue weighted by Gasteiger charge is -2.58. The summed E-state index contributed by atoms with van der Waals surface area (Å²) in [4.78, 5) is 17.0. The van der Waals surface area contributed by atoms with Crippen LogP contribution in [0.15, 0.2) is 29.0 Å². The maximum atomic E-state index is 11.3. The molecule has 5 aliphatic rings. The fourth-order valence-electron chi connectivity index (χ4n) is 9.07. The summed E-state index contributed by atoms with van der Waals surface area (Å²) in [5.41, 5.74) is 3.43. The van der Waals surface area contributed by atoms with Gasteiger partial charge in [-0.1, -0.05) is 43.7 Å². The van der Waals surface area contributed by atoms with Gasteiger partial charge in [0, 0.05) is 18.8 Å². The number of carbonyl (C=O) groups is 1. The molecule has 0 amide bonds. The Bertz CT molecular complexity index is 1000. The molecule has 218 valence electrons. The maximum Gasteiger partial charge on any atom is 0.302 e. The number of allylic oxidation sites excluding steroid dienone is 1. The van der Waals surface area contributed by atoms with Crippen molar-refractivity contribution in [2.75, 3.05) is 6.61 Å². The molecule has 0 spiro atoms. The van der Waals surface area contributed by atoms with E-state index >= 15 is 0 Å². The molecule has 3 saturated carbocycles. The fraction of sp³-hybridized carbons (Fsp3) is 0.818. The van der Waals surface area contributed by atoms with Gasteiger partial charge in [0.05, 0.1) is 11.8 Å². The third kappa shape index (κ3) is 5.62. The Balaban J connectivity index is 1.24. The summed E-state index contributed by atoms with van der Waals surface area (Å²) in [6.45, 7) is 15.2. The van der Waals surface area contributed by atoms with E-state index in [1.165, 1.54) is 51.2 Å². The number of hydrogen-bond donors (Lipinski definition) is 0. The molecule has 0 radical (unpaired) electrons. The van der Waals surface area contributed by atoms with Crippen molar-refractivity contribution in [3.63, 3.8) is 0 Å². The van der Waals surface area contributed by atoms with E-state index in [-0.39, 0.29) is 48.5 Å². The number of ether oxygens (including phenoxy) is 3. The van der Waals surface area contributed by atoms with Crippen LogP contribution in [-0.4, -0.2) is 42.9 Å². The second kappa shape index (κ2) is 11.3. The van der Waals surface area contributed by atoms with Gasteiger partial charge in [0.15, 0.2) is 6.29 Å². The molecule has 5 rings (SSSR count). The van der Waals surface area contributed by atoms with Crippen molar-refractivity contribution in [2.24, 2.45) is 45.6 Å². The fourth-order valence-corrected chi connectivity index (χ4v) is 9.07. The van der Waals surface area contributed by atoms with Crippen LogP contribution >= 0.6 is 0 Å². The molecular weight excluding hydrogens is 490 g/mol. The third-order valence-electron chi connectivity index (χ3n) is 11.2. The summed E-state index contributed by atoms with van der Waals surface area (Å²) >= 11 is 0. The lowest BCUT2D eigenvalue weighted by molar-refractivity contribution is -0.199. The number of hydrogen-bond acceptors (Lipinski definition) is 6. The SMILES string of the molecule is CC(=O)OC[C@H]1OC(O[C@H]2CC[C@@]3(C)C(=CCC4C3CC[C@@]3(C)C4CC[C@@H]3/C(C)=N/OC(C)C)C2)C=C[C@@H]1C. The van der Waals surface area contributed by atoms with E-state index in [1.807, 2.05) is 6.08 Å². The minimum absolute atomic E-state index is 0.132. The molecule has 0 saturated heterocycles. The molecule has 0 aromatic carbocycles. The van der Waals surface area contributed by atoms with Crippen molar-refractivity contribution in [1.82, 2.24) is 0 Å². The van der Waals surface area contributed by atoms with Crippen molar-refractivity contribution in [1.29, 1.82) is 0 Å². The van der Waals surface area contributed by atoms with Gasteiger partial charge in [-0.05, 0) is 107 Å². The molecular formula is C33H51NO5. The molecule has 10 atom stereocenters. The Morgan fingerprint density at radius 2 is 1.90 bits per heavy atom. The molecule has 0 aromatic rings. The first-order valence-electron chi connectivity index (χ1n) is 15.5. The monoisotopic (exact) mass is 541 g/mol. The Hall–Kier alpha value is -1.66. The van der Waals surface area contributed by atoms with Crippen molar-refractivity contribution < 1.29 is 23.8 Å². The van der Waals surface area contributed by atoms with Crippen molar-refractivity contribution in [2.45, 2.75) is 124 Å². The molecule has 6 nitrogen and oxygen atoms in total. The topological polar surface area (TPSA) is 66.4 Å². The predicted molar refractivity (Wildman–Crippen MR) is 153 cm³/mol. The van der Waals surface area contributed by atoms with Crippen molar-refractivity contribution in [3.05, 3.63) is 23.8 Å². The summed E-state index contributed by atoms with van der Waals surface area (Å²) in [5, 5.41) is 4.56. The van der Waals surface area contributed by atoms with Crippen LogP contribution in [0.25, 0.3) is 0 Å². The normalized spacial score (nSPS) is 43.8. The summed E-state index contributed by atoms with van der Waals surface area (Å²) in [6, 6.07) is 0. The van der Waals surface area contributed by atoms with E-state index in [2.05, 4.69) is 58.9 Å². The van der Waals surface area contributed by atoms with Crippen molar-refractivity contribution >= 4 is 11.7 Å². The quantitative estimate of drug-likeness (QED) is 0.147. The van der Waals surface area contributed by atoms with E-state index in [9.17, 15) is 4.79 Å². The number of oxime groups is 1. The standard InChI is InChI=1S/C33H51NO5/c1-20(2)39-34-22(4)27-11-12-28-26-10-9-24-18-25(14-16-32(24,6)29(26)15-17-33(27,28)7)37-31-13-8-21(3)30(38-31)19-36-23(5)35/h8-9,13,20-21,25-31H,10-12,14-19H2,1-7H3/b34-22+/t21-,25-,26?,27+,28?,29?,30+,31?,32-,33+/m0/s1. The highest BCUT2D eigenvalue weighted by atomic mass is 16.7. The molecule has 4 unspecified atom stereocenters. The average Bonchev–Trinajstić information content (AvgIpc) is 3.25. The number of fused-ring (bicyclic) bond motifs is 5. The van der Waals surface area contributed by atoms with Crippen LogP contribution in [0.2, 0.25) is 0 Å². The van der Waals surface area contributed by atoms with Crippen LogP contribution in [0, 0.1) is 40.4 Å². The molecule has 39 heavy (non-hydrogen) atoms. The zero-order chi connectivity index (χ0) is 27.9. The molecule has 3 fully saturated rings. The first-order chi connectivity index (χ1) is 18.5. The van der Waals surface area contributed by atoms with Gasteiger partial charge in [0.25, 0.3) is 0 Å². The van der Waals surface area contributed by atoms with Gasteiger partial charge >= 0.3 is 5.97 Å². The average molecular weight is 542 g/mol. The van der Waals surface area contributed by atoms with Gasteiger partial charge in [-0.3, -0.25) is 4.79 Å². The van der Waals surface area contributed by atoms with Gasteiger partial charge in [-0.2, -0.15) is 0 Å². The smallest absolute Gasteiger partial charge is 0.302 e. The van der Waals surface area contributed by atoms with E-state index in [0.29, 0.717) is 11.3 Å². The zero-order valence-electron chi connectivity index (χ0n) is 25.3. The number of rotatable bonds is 7. The Kier molecular flexibility index (Phi) is 8.37. The maximum absolute atomic E-state index is 11.3. The van der Waals surface area contributed by atoms with Crippen LogP contribution in [-0.2, 0) is 23.8 Å². The van der Waals surface area contributed by atoms with Crippen LogP contribution in [0.3, 0.4) is 0 Å². The summed E-state index contributed by atoms with van der Waals surface area (Å²) < 4.78 is 17.9. The number of carbonyl (C=O) groups excluding carboxylic acids is 1. The molecule has 1 heterocycles. The second-order valence-corrected chi connectivity index (χ2v) is 13.9. The Morgan fingerprint density at radius 1 is 1.10 bits per heavy atom. The zero-order valence-corrected chi connectivity index (χ0v) is 25.3. The van der Waals surface area contributed by atoms with Crippen LogP contribution in [0.5, 0.6) is 0 Å². The largest absolute Gasteiger partial charge is 0.463 e. The van der Waals surface area contributed by atoms with E-state index < -0.39 is 0 Å². The Morgan fingerprint density at radius 3 is 2.64 bits per heavy atom. The van der Waals surface area contributed by atoms with Gasteiger partial charge < -0.3 is 19.0 Å². The Labute approximate surface area is 235 Å². The van der Waals surface area contributed by atoms with Crippen LogP contribution in [0.4, 0.5) is 0 Å². The van der Waals surface area contributed by atoms with E-state index in [0.717, 1.165) is 30.6 Å². The van der Waals surface area contributed by atoms with Gasteiger partial charge in [-0.15, -0.1) is 0 Å². The summed E-state index contributed by atoms with van der Waals surface area (Å²) in [7, 11) is 0. The first kappa shape index (κ1) is 28.9. The highest BCUT2D eigenvalue weighted by Crippen LogP contribution is 2.66. The molecule has 0 bridgehead atoms. The highest BCUT2D eigenvalue weighted by molar-refractivity contribution is 5.85. The second-order valence-electron chi connectivity index (χ2n) is 13.9. The summed E-state index contributed by atoms with van der Waals surface area (Å²) in [6.07, 6.45) is 16.2. The van der Waals surface area contributed by atoms with Crippen LogP contribution < -0.4 is 0 Å². The van der Waals surface area contributed by atoms with E-state index in [1.54, 1.807) is 5.57 Å². The van der Waals surface area contributed by atoms with Crippen molar-refractivity contribution in [3.8, 4) is 0 Å². The predicted octanol–water partition coefficient (Wildman–Crippen LogP) is 7.23. The number of esters is 1. The molecule has 0 N–H and O–H groups in total. The van der Waals surface area contributed by atoms with Gasteiger partial charge in [0.1, 0.15) is 18.8 Å². The summed E-state index contributed by atoms with van der Waals surface area (Å²) in [5.74, 6) is 2.77. The molecule has 1 aliphatic heterocycles. The lowest BCUT2D eigenvalue weighted by atomic mass is 9.47. The molecule has 4 aliphatic carbocycles. The molecule has 0 aromatic heterocycles. The third-order valence-corrected chi connectivity index (χ3v) is 11.2. The number of nitrogens with zero attached hydrogens (tertiary/aromatic N) is 1. The van der Waals surface area contributed by atoms with Gasteiger partial charge in [-0.25, -0.2) is 0 Å². The highest BCUT2D eigenvalue weighted by Gasteiger charge is 2.59. The first-order valence-corrected chi connectivity index (χ1v) is 15.5. The van der Waals surface area contributed by atoms with Gasteiger partial charge in [0.2, 0.25) is 0 Å². The molecule has 6 heteroatoms. The van der Waals surface area contributed by atoms with E-state index in [4.69, 9.17) is 19.0 Å². The lowest BCUT2D eigenvalue weighted by Crippen LogP contribution is -2.51. The minimum Gasteiger partial charge on any atom is -0.463 e.